The van der Waals surface area contributed by atoms with Gasteiger partial charge in [-0.25, -0.2) is 0 Å². The van der Waals surface area contributed by atoms with Gasteiger partial charge in [-0.15, -0.1) is 11.8 Å². The topological polar surface area (TPSA) is 425 Å². The van der Waals surface area contributed by atoms with E-state index in [1.165, 1.54) is 0 Å². The van der Waals surface area contributed by atoms with E-state index in [1.807, 2.05) is 5.32 Å². The number of carboxylic acids is 2. The van der Waals surface area contributed by atoms with Crippen LogP contribution in [-0.4, -0.2) is 168 Å². The van der Waals surface area contributed by atoms with Crippen molar-refractivity contribution in [3.05, 3.63) is 0 Å². The zero-order valence-corrected chi connectivity index (χ0v) is 34.3. The highest BCUT2D eigenvalue weighted by Gasteiger charge is 2.52. The average molecular weight is 894 g/mol. The molecule has 1 fully saturated rings. The van der Waals surface area contributed by atoms with E-state index in [-0.39, 0.29) is 25.3 Å². The Bertz CT molecular complexity index is 1660. The number of carbonyl (C=O) groups is 11. The van der Waals surface area contributed by atoms with Crippen LogP contribution in [0, 0.1) is 0 Å². The maximum Gasteiger partial charge on any atom is 0.322 e. The molecular formula is C33H51N9O18S. The number of nitrogens with zero attached hydrogens (tertiary/aromatic N) is 1. The van der Waals surface area contributed by atoms with Gasteiger partial charge in [0.1, 0.15) is 42.8 Å². The Balaban J connectivity index is 3.39. The highest BCUT2D eigenvalue weighted by atomic mass is 32.2. The highest BCUT2D eigenvalue weighted by molar-refractivity contribution is 7.99. The van der Waals surface area contributed by atoms with E-state index in [9.17, 15) is 57.8 Å². The maximum absolute atomic E-state index is 13.5. The lowest BCUT2D eigenvalue weighted by atomic mass is 9.99. The lowest BCUT2D eigenvalue weighted by Crippen LogP contribution is -2.62. The lowest BCUT2D eigenvalue weighted by Gasteiger charge is -2.44. The molecule has 0 bridgehead atoms. The smallest absolute Gasteiger partial charge is 0.322 e. The number of hydrogen-bond acceptors (Lipinski definition) is 19. The summed E-state index contributed by atoms with van der Waals surface area (Å²) in [4.78, 5) is 139. The van der Waals surface area contributed by atoms with Crippen molar-refractivity contribution in [2.45, 2.75) is 94.9 Å². The van der Waals surface area contributed by atoms with Crippen LogP contribution in [0.2, 0.25) is 0 Å². The molecule has 28 heteroatoms. The molecule has 5 amide bonds. The summed E-state index contributed by atoms with van der Waals surface area (Å²) in [6, 6.07) is -4.89. The number of hydrogen-bond donors (Lipinski definition) is 10. The Hall–Kier alpha value is -6.29. The van der Waals surface area contributed by atoms with E-state index < -0.39 is 152 Å². The number of aliphatic carboxylic acids is 2. The number of carbonyl (C=O) groups excluding carboxylic acids is 9. The Labute approximate surface area is 351 Å². The molecule has 0 aliphatic carbocycles. The van der Waals surface area contributed by atoms with E-state index in [4.69, 9.17) is 46.0 Å². The molecular weight excluding hydrogens is 842 g/mol. The third-order valence-corrected chi connectivity index (χ3v) is 8.89. The Kier molecular flexibility index (Phi) is 23.1. The fraction of sp³-hybridized carbons (Fsp3) is 0.636. The summed E-state index contributed by atoms with van der Waals surface area (Å²) in [5.74, 6) is -12.6. The van der Waals surface area contributed by atoms with Crippen LogP contribution in [0.4, 0.5) is 0 Å². The summed E-state index contributed by atoms with van der Waals surface area (Å²) in [7, 11) is 0. The molecule has 0 saturated carbocycles. The average Bonchev–Trinajstić information content (AvgIpc) is 3.15. The van der Waals surface area contributed by atoms with E-state index in [2.05, 4.69) is 26.3 Å². The number of carboxylic acid groups (broad SMARTS) is 2. The fourth-order valence-electron chi connectivity index (χ4n) is 5.20. The quantitative estimate of drug-likeness (QED) is 0.0134. The minimum Gasteiger partial charge on any atom is -0.481 e. The van der Waals surface area contributed by atoms with Crippen molar-refractivity contribution in [1.82, 2.24) is 26.6 Å². The SMILES string of the molecule is CC(=O)OC[C@H]1O[C@@H](SC[C@H](NC(=O)[C@H](CC(=O)O)NC(=O)CNC(=O)[C@H](CCCN=C(N)N)NC(=O)CN)C(=O)NCC(=O)O)[C@H](OC(C)=O)[C@@H](OC(C)=O)[C@@H]1OC(C)=O. The normalized spacial score (nSPS) is 19.5. The molecule has 0 aromatic rings. The van der Waals surface area contributed by atoms with E-state index in [0.717, 1.165) is 27.7 Å². The van der Waals surface area contributed by atoms with Crippen LogP contribution >= 0.6 is 11.8 Å². The summed E-state index contributed by atoms with van der Waals surface area (Å²) in [6.07, 6.45) is -6.96. The first-order valence-electron chi connectivity index (χ1n) is 18.1. The molecule has 0 radical (unpaired) electrons. The summed E-state index contributed by atoms with van der Waals surface area (Å²) in [5, 5.41) is 29.7. The van der Waals surface area contributed by atoms with E-state index in [1.54, 1.807) is 0 Å². The minimum atomic E-state index is -1.92. The van der Waals surface area contributed by atoms with Crippen LogP contribution in [-0.2, 0) is 76.4 Å². The number of esters is 4. The molecule has 0 aromatic carbocycles. The molecule has 27 nitrogen and oxygen atoms in total. The van der Waals surface area contributed by atoms with Crippen molar-refractivity contribution in [2.75, 3.05) is 38.5 Å². The second-order valence-corrected chi connectivity index (χ2v) is 13.9. The van der Waals surface area contributed by atoms with Crippen molar-refractivity contribution >= 4 is 83.1 Å². The van der Waals surface area contributed by atoms with Gasteiger partial charge >= 0.3 is 35.8 Å². The second-order valence-electron chi connectivity index (χ2n) is 12.8. The lowest BCUT2D eigenvalue weighted by molar-refractivity contribution is -0.237. The van der Waals surface area contributed by atoms with Gasteiger partial charge in [0.05, 0.1) is 19.5 Å². The molecule has 1 aliphatic heterocycles. The van der Waals surface area contributed by atoms with Crippen LogP contribution in [0.15, 0.2) is 4.99 Å². The van der Waals surface area contributed by atoms with Crippen LogP contribution in [0.1, 0.15) is 47.0 Å². The largest absolute Gasteiger partial charge is 0.481 e. The summed E-state index contributed by atoms with van der Waals surface area (Å²) >= 11 is 0.614. The Morgan fingerprint density at radius 1 is 0.689 bits per heavy atom. The van der Waals surface area contributed by atoms with Crippen LogP contribution < -0.4 is 43.8 Å². The maximum atomic E-state index is 13.5. The summed E-state index contributed by atoms with van der Waals surface area (Å²) in [5.41, 5.74) is 14.4. The molecule has 1 saturated heterocycles. The molecule has 13 N–H and O–H groups in total. The van der Waals surface area contributed by atoms with Crippen molar-refractivity contribution in [2.24, 2.45) is 22.2 Å². The Morgan fingerprint density at radius 2 is 1.25 bits per heavy atom. The van der Waals surface area contributed by atoms with Crippen LogP contribution in [0.25, 0.3) is 0 Å². The van der Waals surface area contributed by atoms with Crippen LogP contribution in [0.3, 0.4) is 0 Å². The van der Waals surface area contributed by atoms with Gasteiger partial charge in [0.2, 0.25) is 29.5 Å². The van der Waals surface area contributed by atoms with Gasteiger partial charge < -0.3 is 77.7 Å². The van der Waals surface area contributed by atoms with Gasteiger partial charge in [-0.05, 0) is 12.8 Å². The molecule has 0 spiro atoms. The van der Waals surface area contributed by atoms with Gasteiger partial charge in [0.25, 0.3) is 0 Å². The number of aliphatic imine (C=N–C) groups is 1. The number of nitrogens with one attached hydrogen (secondary N) is 5. The van der Waals surface area contributed by atoms with Gasteiger partial charge in [0, 0.05) is 40.0 Å². The molecule has 1 heterocycles. The van der Waals surface area contributed by atoms with Crippen molar-refractivity contribution < 1.29 is 86.6 Å². The first-order valence-corrected chi connectivity index (χ1v) is 19.1. The molecule has 8 atom stereocenters. The standard InChI is InChI=1S/C33H51N9O18S/c1-14(43)56-12-21-26(57-15(2)44)27(58-16(3)45)28(59-17(4)46)32(60-21)61-13-20(30(54)39-11-25(51)52)42-31(55)19(8-24(49)50)41-23(48)10-38-29(53)18(40-22(47)9-34)6-5-7-37-33(35)36/h18-21,26-28,32H,5-13,34H2,1-4H3,(H,38,53)(H,39,54)(H,40,47)(H,41,48)(H,42,55)(H,49,50)(H,51,52)(H4,35,36,37)/t18-,19-,20-,21+,26+,27-,28+,32-/m0/s1. The highest BCUT2D eigenvalue weighted by Crippen LogP contribution is 2.34. The van der Waals surface area contributed by atoms with E-state index in [0.29, 0.717) is 11.8 Å². The van der Waals surface area contributed by atoms with Crippen molar-refractivity contribution in [1.29, 1.82) is 0 Å². The number of rotatable bonds is 25. The third kappa shape index (κ3) is 21.0. The number of amides is 5. The van der Waals surface area contributed by atoms with Gasteiger partial charge in [0.15, 0.2) is 24.3 Å². The van der Waals surface area contributed by atoms with Crippen molar-refractivity contribution in [3.8, 4) is 0 Å². The Morgan fingerprint density at radius 3 is 1.79 bits per heavy atom. The molecule has 0 aromatic heterocycles. The van der Waals surface area contributed by atoms with Gasteiger partial charge in [-0.3, -0.25) is 57.7 Å². The first-order chi connectivity index (χ1) is 28.5. The molecule has 0 unspecified atom stereocenters. The molecule has 61 heavy (non-hydrogen) atoms. The minimum absolute atomic E-state index is 0.000905. The number of guanidine groups is 1. The monoisotopic (exact) mass is 893 g/mol. The molecule has 342 valence electrons. The fourth-order valence-corrected chi connectivity index (χ4v) is 6.44. The number of ether oxygens (including phenoxy) is 5. The first kappa shape index (κ1) is 52.7. The predicted molar refractivity (Wildman–Crippen MR) is 205 cm³/mol. The van der Waals surface area contributed by atoms with Crippen molar-refractivity contribution in [3.63, 3.8) is 0 Å². The molecule has 1 rings (SSSR count). The number of thioether (sulfide) groups is 1. The molecule has 1 aliphatic rings. The second kappa shape index (κ2) is 26.7. The summed E-state index contributed by atoms with van der Waals surface area (Å²) < 4.78 is 27.1. The van der Waals surface area contributed by atoms with Gasteiger partial charge in [-0.1, -0.05) is 0 Å². The number of nitrogens with two attached hydrogens (primary N) is 3. The third-order valence-electron chi connectivity index (χ3n) is 7.66. The predicted octanol–water partition coefficient (Wildman–Crippen LogP) is -5.94. The van der Waals surface area contributed by atoms with Gasteiger partial charge in [-0.2, -0.15) is 0 Å². The zero-order valence-electron chi connectivity index (χ0n) is 33.5. The van der Waals surface area contributed by atoms with E-state index >= 15 is 0 Å². The summed E-state index contributed by atoms with van der Waals surface area (Å²) in [6.45, 7) is 1.28. The zero-order chi connectivity index (χ0) is 46.4. The van der Waals surface area contributed by atoms with Crippen LogP contribution in [0.5, 0.6) is 0 Å².